The van der Waals surface area contributed by atoms with Gasteiger partial charge in [-0.05, 0) is 12.8 Å². The van der Waals surface area contributed by atoms with Crippen LogP contribution in [0, 0.1) is 0 Å². The molecule has 1 amide bonds. The molecule has 0 aromatic heterocycles. The molecular weight excluding hydrogens is 240 g/mol. The third-order valence-electron chi connectivity index (χ3n) is 3.45. The molecule has 1 saturated carbocycles. The monoisotopic (exact) mass is 260 g/mol. The molecule has 0 spiro atoms. The minimum Gasteiger partial charge on any atom is -0.348 e. The second-order valence-corrected chi connectivity index (χ2v) is 7.08. The molecule has 3 nitrogen and oxygen atoms in total. The molecule has 1 heterocycles. The van der Waals surface area contributed by atoms with Crippen molar-refractivity contribution in [1.82, 2.24) is 5.32 Å². The average Bonchev–Trinajstić information content (AvgIpc) is 2.79. The van der Waals surface area contributed by atoms with Crippen molar-refractivity contribution >= 4 is 29.4 Å². The topological polar surface area (TPSA) is 55.1 Å². The van der Waals surface area contributed by atoms with E-state index in [4.69, 9.17) is 5.73 Å². The van der Waals surface area contributed by atoms with E-state index in [2.05, 4.69) is 5.32 Å². The van der Waals surface area contributed by atoms with E-state index in [0.29, 0.717) is 6.54 Å². The van der Waals surface area contributed by atoms with Gasteiger partial charge in [0.1, 0.15) is 0 Å². The first-order chi connectivity index (χ1) is 7.76. The van der Waals surface area contributed by atoms with Gasteiger partial charge in [0, 0.05) is 23.8 Å². The first-order valence-electron chi connectivity index (χ1n) is 5.97. The van der Waals surface area contributed by atoms with Crippen LogP contribution in [0.4, 0.5) is 0 Å². The summed E-state index contributed by atoms with van der Waals surface area (Å²) >= 11 is 3.67. The third kappa shape index (κ3) is 2.87. The maximum atomic E-state index is 12.1. The van der Waals surface area contributed by atoms with Gasteiger partial charge in [0.05, 0.1) is 10.8 Å². The number of nitrogens with two attached hydrogens (primary N) is 1. The van der Waals surface area contributed by atoms with Crippen molar-refractivity contribution in [3.05, 3.63) is 0 Å². The fraction of sp³-hybridized carbons (Fsp3) is 0.909. The van der Waals surface area contributed by atoms with E-state index in [0.717, 1.165) is 24.3 Å². The maximum Gasteiger partial charge on any atom is 0.234 e. The van der Waals surface area contributed by atoms with Crippen LogP contribution in [0.25, 0.3) is 0 Å². The van der Waals surface area contributed by atoms with Crippen LogP contribution in [0.5, 0.6) is 0 Å². The zero-order chi connectivity index (χ0) is 11.4. The molecule has 0 aromatic rings. The SMILES string of the molecule is NCC1(NC(=O)C2CSCCS2)CCCC1. The minimum absolute atomic E-state index is 0.0836. The number of carbonyl (C=O) groups excluding carboxylic acids is 1. The molecule has 1 saturated heterocycles. The van der Waals surface area contributed by atoms with Crippen molar-refractivity contribution in [1.29, 1.82) is 0 Å². The zero-order valence-corrected chi connectivity index (χ0v) is 11.2. The fourth-order valence-electron chi connectivity index (χ4n) is 2.41. The molecule has 0 radical (unpaired) electrons. The highest BCUT2D eigenvalue weighted by atomic mass is 32.2. The summed E-state index contributed by atoms with van der Waals surface area (Å²) in [5, 5.41) is 3.36. The molecule has 1 aliphatic carbocycles. The van der Waals surface area contributed by atoms with Crippen LogP contribution in [0.3, 0.4) is 0 Å². The highest BCUT2D eigenvalue weighted by molar-refractivity contribution is 8.07. The summed E-state index contributed by atoms with van der Waals surface area (Å²) in [6, 6.07) is 0. The summed E-state index contributed by atoms with van der Waals surface area (Å²) < 4.78 is 0. The molecule has 2 fully saturated rings. The van der Waals surface area contributed by atoms with Crippen LogP contribution in [-0.2, 0) is 4.79 Å². The number of hydrogen-bond acceptors (Lipinski definition) is 4. The Labute approximate surface area is 106 Å². The van der Waals surface area contributed by atoms with Crippen molar-refractivity contribution in [2.24, 2.45) is 5.73 Å². The number of amides is 1. The number of thioether (sulfide) groups is 2. The van der Waals surface area contributed by atoms with E-state index in [1.807, 2.05) is 11.8 Å². The van der Waals surface area contributed by atoms with Gasteiger partial charge in [-0.2, -0.15) is 11.8 Å². The Bertz CT molecular complexity index is 248. The Hall–Kier alpha value is 0.130. The maximum absolute atomic E-state index is 12.1. The van der Waals surface area contributed by atoms with Crippen molar-refractivity contribution in [3.8, 4) is 0 Å². The zero-order valence-electron chi connectivity index (χ0n) is 9.54. The molecule has 1 aliphatic heterocycles. The molecule has 2 rings (SSSR count). The molecular formula is C11H20N2OS2. The van der Waals surface area contributed by atoms with E-state index in [1.54, 1.807) is 11.8 Å². The van der Waals surface area contributed by atoms with Crippen molar-refractivity contribution in [3.63, 3.8) is 0 Å². The predicted octanol–water partition coefficient (Wildman–Crippen LogP) is 1.22. The second-order valence-electron chi connectivity index (χ2n) is 4.62. The van der Waals surface area contributed by atoms with Crippen LogP contribution in [0.15, 0.2) is 0 Å². The minimum atomic E-state index is -0.0836. The lowest BCUT2D eigenvalue weighted by atomic mass is 9.97. The highest BCUT2D eigenvalue weighted by Crippen LogP contribution is 2.30. The first kappa shape index (κ1) is 12.6. The Kier molecular flexibility index (Phi) is 4.44. The second kappa shape index (κ2) is 5.65. The summed E-state index contributed by atoms with van der Waals surface area (Å²) in [5.74, 6) is 3.44. The van der Waals surface area contributed by atoms with Crippen molar-refractivity contribution in [2.75, 3.05) is 23.8 Å². The average molecular weight is 260 g/mol. The van der Waals surface area contributed by atoms with E-state index in [1.165, 1.54) is 18.6 Å². The van der Waals surface area contributed by atoms with Crippen molar-refractivity contribution in [2.45, 2.75) is 36.5 Å². The van der Waals surface area contributed by atoms with E-state index in [-0.39, 0.29) is 16.7 Å². The van der Waals surface area contributed by atoms with Gasteiger partial charge in [-0.3, -0.25) is 4.79 Å². The number of nitrogens with one attached hydrogen (secondary N) is 1. The van der Waals surface area contributed by atoms with Gasteiger partial charge in [-0.25, -0.2) is 0 Å². The summed E-state index contributed by atoms with van der Waals surface area (Å²) in [6.45, 7) is 0.587. The lowest BCUT2D eigenvalue weighted by Crippen LogP contribution is -2.54. The number of rotatable bonds is 3. The van der Waals surface area contributed by atoms with Gasteiger partial charge in [-0.15, -0.1) is 11.8 Å². The molecule has 0 aromatic carbocycles. The third-order valence-corrected chi connectivity index (χ3v) is 6.20. The first-order valence-corrected chi connectivity index (χ1v) is 8.18. The smallest absolute Gasteiger partial charge is 0.234 e. The standard InChI is InChI=1S/C11H20N2OS2/c12-8-11(3-1-2-4-11)13-10(14)9-7-15-5-6-16-9/h9H,1-8,12H2,(H,13,14). The van der Waals surface area contributed by atoms with E-state index < -0.39 is 0 Å². The molecule has 1 unspecified atom stereocenters. The van der Waals surface area contributed by atoms with Crippen molar-refractivity contribution < 1.29 is 4.79 Å². The molecule has 0 bridgehead atoms. The van der Waals surface area contributed by atoms with Gasteiger partial charge >= 0.3 is 0 Å². The van der Waals surface area contributed by atoms with Crippen LogP contribution in [0.1, 0.15) is 25.7 Å². The van der Waals surface area contributed by atoms with Gasteiger partial charge in [0.25, 0.3) is 0 Å². The predicted molar refractivity (Wildman–Crippen MR) is 72.0 cm³/mol. The van der Waals surface area contributed by atoms with Crippen LogP contribution >= 0.6 is 23.5 Å². The summed E-state index contributed by atoms with van der Waals surface area (Å²) in [7, 11) is 0. The van der Waals surface area contributed by atoms with E-state index >= 15 is 0 Å². The molecule has 3 N–H and O–H groups in total. The highest BCUT2D eigenvalue weighted by Gasteiger charge is 2.36. The quantitative estimate of drug-likeness (QED) is 0.801. The summed E-state index contributed by atoms with van der Waals surface area (Å²) in [6.07, 6.45) is 4.51. The Morgan fingerprint density at radius 2 is 2.12 bits per heavy atom. The van der Waals surface area contributed by atoms with Crippen LogP contribution in [-0.4, -0.2) is 40.5 Å². The summed E-state index contributed by atoms with van der Waals surface area (Å²) in [5.41, 5.74) is 5.74. The van der Waals surface area contributed by atoms with Crippen LogP contribution < -0.4 is 11.1 Å². The van der Waals surface area contributed by atoms with Crippen LogP contribution in [0.2, 0.25) is 0 Å². The van der Waals surface area contributed by atoms with Gasteiger partial charge in [-0.1, -0.05) is 12.8 Å². The number of carbonyl (C=O) groups is 1. The van der Waals surface area contributed by atoms with Gasteiger partial charge < -0.3 is 11.1 Å². The Morgan fingerprint density at radius 3 is 2.69 bits per heavy atom. The molecule has 16 heavy (non-hydrogen) atoms. The van der Waals surface area contributed by atoms with Gasteiger partial charge in [0.15, 0.2) is 0 Å². The lowest BCUT2D eigenvalue weighted by Gasteiger charge is -2.31. The fourth-order valence-corrected chi connectivity index (χ4v) is 4.97. The Balaban J connectivity index is 1.89. The Morgan fingerprint density at radius 1 is 1.38 bits per heavy atom. The molecule has 5 heteroatoms. The summed E-state index contributed by atoms with van der Waals surface area (Å²) in [4.78, 5) is 12.1. The van der Waals surface area contributed by atoms with E-state index in [9.17, 15) is 4.79 Å². The normalized spacial score (nSPS) is 28.9. The lowest BCUT2D eigenvalue weighted by molar-refractivity contribution is -0.122. The molecule has 2 aliphatic rings. The largest absolute Gasteiger partial charge is 0.348 e. The molecule has 92 valence electrons. The van der Waals surface area contributed by atoms with Gasteiger partial charge in [0.2, 0.25) is 5.91 Å². The number of hydrogen-bond donors (Lipinski definition) is 2. The molecule has 1 atom stereocenters.